The van der Waals surface area contributed by atoms with Gasteiger partial charge in [-0.05, 0) is 6.92 Å². The number of hydrogen-bond acceptors (Lipinski definition) is 5. The number of hydrogen-bond donors (Lipinski definition) is 0. The van der Waals surface area contributed by atoms with Crippen molar-refractivity contribution in [3.05, 3.63) is 16.6 Å². The zero-order chi connectivity index (χ0) is 17.3. The predicted octanol–water partition coefficient (Wildman–Crippen LogP) is 1.57. The van der Waals surface area contributed by atoms with Gasteiger partial charge in [-0.15, -0.1) is 11.3 Å². The van der Waals surface area contributed by atoms with Crippen molar-refractivity contribution in [2.75, 3.05) is 25.4 Å². The van der Waals surface area contributed by atoms with Crippen LogP contribution >= 0.6 is 11.3 Å². The van der Waals surface area contributed by atoms with Gasteiger partial charge in [-0.1, -0.05) is 0 Å². The first kappa shape index (κ1) is 18.1. The van der Waals surface area contributed by atoms with E-state index in [-0.39, 0.29) is 31.2 Å². The van der Waals surface area contributed by atoms with Crippen LogP contribution in [0.3, 0.4) is 0 Å². The second-order valence-corrected chi connectivity index (χ2v) is 8.07. The normalized spacial score (nSPS) is 20.7. The largest absolute Gasteiger partial charge is 0.390 e. The lowest BCUT2D eigenvalue weighted by atomic mass is 10.2. The Hall–Kier alpha value is -1.20. The van der Waals surface area contributed by atoms with E-state index in [1.54, 1.807) is 12.3 Å². The summed E-state index contributed by atoms with van der Waals surface area (Å²) in [7, 11) is -3.99. The van der Waals surface area contributed by atoms with Crippen LogP contribution < -0.4 is 0 Å². The van der Waals surface area contributed by atoms with Crippen molar-refractivity contribution in [1.82, 2.24) is 14.2 Å². The molecule has 0 saturated carbocycles. The zero-order valence-corrected chi connectivity index (χ0v) is 13.9. The van der Waals surface area contributed by atoms with Crippen LogP contribution in [-0.4, -0.2) is 66.1 Å². The minimum Gasteiger partial charge on any atom is -0.332 e. The highest BCUT2D eigenvalue weighted by Gasteiger charge is 2.36. The Morgan fingerprint density at radius 2 is 2.13 bits per heavy atom. The Bertz CT molecular complexity index is 646. The van der Waals surface area contributed by atoms with Crippen LogP contribution in [0.5, 0.6) is 0 Å². The number of halogens is 3. The second-order valence-electron chi connectivity index (χ2n) is 5.26. The van der Waals surface area contributed by atoms with Crippen LogP contribution in [0.2, 0.25) is 0 Å². The predicted molar refractivity (Wildman–Crippen MR) is 78.6 cm³/mol. The molecule has 1 aromatic heterocycles. The van der Waals surface area contributed by atoms with E-state index in [0.717, 1.165) is 4.31 Å². The molecule has 0 radical (unpaired) electrons. The standard InChI is InChI=1S/C12H16F3N3O3S2/c1-9-6-17(23(20,21)5-2-12(13,14)15)3-4-18(9)11(19)10-7-22-8-16-10/h7-9H,2-6H2,1H3/t9-/m0/s1. The molecule has 1 saturated heterocycles. The molecule has 6 nitrogen and oxygen atoms in total. The lowest BCUT2D eigenvalue weighted by molar-refractivity contribution is -0.130. The van der Waals surface area contributed by atoms with Crippen molar-refractivity contribution < 1.29 is 26.4 Å². The molecule has 1 aliphatic rings. The van der Waals surface area contributed by atoms with Gasteiger partial charge in [0.05, 0.1) is 17.7 Å². The number of aromatic nitrogens is 1. The van der Waals surface area contributed by atoms with Crippen molar-refractivity contribution in [2.45, 2.75) is 25.6 Å². The van der Waals surface area contributed by atoms with E-state index in [1.807, 2.05) is 0 Å². The van der Waals surface area contributed by atoms with Gasteiger partial charge >= 0.3 is 6.18 Å². The Morgan fingerprint density at radius 1 is 1.43 bits per heavy atom. The zero-order valence-electron chi connectivity index (χ0n) is 12.3. The van der Waals surface area contributed by atoms with Crippen LogP contribution in [0.15, 0.2) is 10.9 Å². The summed E-state index contributed by atoms with van der Waals surface area (Å²) in [6.07, 6.45) is -5.89. The maximum absolute atomic E-state index is 12.2. The molecule has 1 aromatic rings. The number of piperazine rings is 1. The number of alkyl halides is 3. The lowest BCUT2D eigenvalue weighted by Gasteiger charge is -2.38. The minimum absolute atomic E-state index is 0.0135. The summed E-state index contributed by atoms with van der Waals surface area (Å²) in [6.45, 7) is 1.76. The van der Waals surface area contributed by atoms with E-state index in [0.29, 0.717) is 0 Å². The summed E-state index contributed by atoms with van der Waals surface area (Å²) in [5, 5.41) is 1.60. The van der Waals surface area contributed by atoms with Gasteiger partial charge in [0.2, 0.25) is 10.0 Å². The maximum Gasteiger partial charge on any atom is 0.390 e. The molecular weight excluding hydrogens is 355 g/mol. The first-order valence-corrected chi connectivity index (χ1v) is 9.39. The summed E-state index contributed by atoms with van der Waals surface area (Å²) < 4.78 is 61.7. The first-order chi connectivity index (χ1) is 10.6. The van der Waals surface area contributed by atoms with Crippen molar-refractivity contribution >= 4 is 27.3 Å². The quantitative estimate of drug-likeness (QED) is 0.806. The summed E-state index contributed by atoms with van der Waals surface area (Å²) in [5.74, 6) is -1.27. The van der Waals surface area contributed by atoms with Crippen LogP contribution in [0, 0.1) is 0 Å². The topological polar surface area (TPSA) is 70.6 Å². The smallest absolute Gasteiger partial charge is 0.332 e. The van der Waals surface area contributed by atoms with Gasteiger partial charge in [0.15, 0.2) is 0 Å². The molecule has 130 valence electrons. The van der Waals surface area contributed by atoms with E-state index in [9.17, 15) is 26.4 Å². The van der Waals surface area contributed by atoms with Gasteiger partial charge in [0.25, 0.3) is 5.91 Å². The molecule has 1 amide bonds. The molecule has 23 heavy (non-hydrogen) atoms. The molecule has 0 spiro atoms. The molecule has 2 rings (SSSR count). The Morgan fingerprint density at radius 3 is 2.65 bits per heavy atom. The van der Waals surface area contributed by atoms with E-state index in [4.69, 9.17) is 0 Å². The van der Waals surface area contributed by atoms with Crippen molar-refractivity contribution in [3.63, 3.8) is 0 Å². The number of carbonyl (C=O) groups is 1. The van der Waals surface area contributed by atoms with Crippen LogP contribution in [0.25, 0.3) is 0 Å². The number of amides is 1. The molecule has 0 aromatic carbocycles. The fourth-order valence-electron chi connectivity index (χ4n) is 2.32. The van der Waals surface area contributed by atoms with Crippen molar-refractivity contribution in [2.24, 2.45) is 0 Å². The summed E-state index contributed by atoms with van der Waals surface area (Å²) in [5.41, 5.74) is 1.81. The maximum atomic E-state index is 12.2. The molecule has 11 heteroatoms. The van der Waals surface area contributed by atoms with Crippen LogP contribution in [0.1, 0.15) is 23.8 Å². The molecular formula is C12H16F3N3O3S2. The molecule has 0 unspecified atom stereocenters. The van der Waals surface area contributed by atoms with Gasteiger partial charge in [-0.3, -0.25) is 4.79 Å². The fourth-order valence-corrected chi connectivity index (χ4v) is 4.39. The van der Waals surface area contributed by atoms with Gasteiger partial charge < -0.3 is 4.90 Å². The highest BCUT2D eigenvalue weighted by atomic mass is 32.2. The van der Waals surface area contributed by atoms with Gasteiger partial charge in [-0.25, -0.2) is 13.4 Å². The number of nitrogens with zero attached hydrogens (tertiary/aromatic N) is 3. The summed E-state index contributed by atoms with van der Waals surface area (Å²) in [4.78, 5) is 17.6. The molecule has 1 fully saturated rings. The number of rotatable bonds is 4. The van der Waals surface area contributed by atoms with Crippen molar-refractivity contribution in [3.8, 4) is 0 Å². The molecule has 1 aliphatic heterocycles. The van der Waals surface area contributed by atoms with E-state index < -0.39 is 34.4 Å². The van der Waals surface area contributed by atoms with E-state index in [2.05, 4.69) is 4.98 Å². The molecule has 0 aliphatic carbocycles. The Labute approximate surface area is 136 Å². The fraction of sp³-hybridized carbons (Fsp3) is 0.667. The van der Waals surface area contributed by atoms with Gasteiger partial charge in [0, 0.05) is 31.1 Å². The Balaban J connectivity index is 1.99. The third-order valence-electron chi connectivity index (χ3n) is 3.54. The summed E-state index contributed by atoms with van der Waals surface area (Å²) >= 11 is 1.28. The first-order valence-electron chi connectivity index (χ1n) is 6.84. The molecule has 0 bridgehead atoms. The molecule has 0 N–H and O–H groups in total. The van der Waals surface area contributed by atoms with Gasteiger partial charge in [-0.2, -0.15) is 17.5 Å². The highest BCUT2D eigenvalue weighted by molar-refractivity contribution is 7.89. The van der Waals surface area contributed by atoms with Crippen LogP contribution in [0.4, 0.5) is 13.2 Å². The summed E-state index contributed by atoms with van der Waals surface area (Å²) in [6, 6.07) is -0.432. The van der Waals surface area contributed by atoms with E-state index in [1.165, 1.54) is 21.7 Å². The SMILES string of the molecule is C[C@H]1CN(S(=O)(=O)CCC(F)(F)F)CCN1C(=O)c1cscn1. The highest BCUT2D eigenvalue weighted by Crippen LogP contribution is 2.23. The number of thiazole rings is 1. The van der Waals surface area contributed by atoms with Crippen LogP contribution in [-0.2, 0) is 10.0 Å². The minimum atomic E-state index is -4.51. The van der Waals surface area contributed by atoms with E-state index >= 15 is 0 Å². The molecule has 1 atom stereocenters. The third kappa shape index (κ3) is 4.64. The number of carbonyl (C=O) groups excluding carboxylic acids is 1. The van der Waals surface area contributed by atoms with Gasteiger partial charge in [0.1, 0.15) is 5.69 Å². The molecule has 2 heterocycles. The Kier molecular flexibility index (Phi) is 5.31. The third-order valence-corrected chi connectivity index (χ3v) is 5.96. The lowest BCUT2D eigenvalue weighted by Crippen LogP contribution is -2.55. The second kappa shape index (κ2) is 6.73. The van der Waals surface area contributed by atoms with Crippen molar-refractivity contribution in [1.29, 1.82) is 0 Å². The monoisotopic (exact) mass is 371 g/mol. The average molecular weight is 371 g/mol. The average Bonchev–Trinajstić information content (AvgIpc) is 2.98. The number of sulfonamides is 1.